The fraction of sp³-hybridized carbons (Fsp3) is 0.0870. The van der Waals surface area contributed by atoms with Crippen molar-refractivity contribution in [2.75, 3.05) is 18.5 Å². The summed E-state index contributed by atoms with van der Waals surface area (Å²) in [5.41, 5.74) is 2.84. The van der Waals surface area contributed by atoms with Crippen LogP contribution in [0.5, 0.6) is 11.5 Å². The third kappa shape index (κ3) is 4.25. The molecule has 0 atom stereocenters. The van der Waals surface area contributed by atoms with Crippen molar-refractivity contribution in [3.05, 3.63) is 71.2 Å². The zero-order valence-corrected chi connectivity index (χ0v) is 18.9. The van der Waals surface area contributed by atoms with Gasteiger partial charge in [0.25, 0.3) is 5.91 Å². The number of nitrogens with zero attached hydrogens (tertiary/aromatic N) is 1. The average Bonchev–Trinajstić information content (AvgIpc) is 3.24. The van der Waals surface area contributed by atoms with Crippen molar-refractivity contribution in [3.8, 4) is 22.1 Å². The number of para-hydroxylation sites is 1. The maximum Gasteiger partial charge on any atom is 0.257 e. The number of rotatable bonds is 3. The summed E-state index contributed by atoms with van der Waals surface area (Å²) < 4.78 is 12.1. The molecule has 0 saturated carbocycles. The second-order valence-corrected chi connectivity index (χ2v) is 8.79. The molecule has 0 unspecified atom stereocenters. The molecule has 0 aliphatic carbocycles. The van der Waals surface area contributed by atoms with Gasteiger partial charge in [-0.25, -0.2) is 4.98 Å². The van der Waals surface area contributed by atoms with Crippen LogP contribution in [0.15, 0.2) is 60.7 Å². The van der Waals surface area contributed by atoms with Crippen LogP contribution < -0.4 is 20.1 Å². The van der Waals surface area contributed by atoms with E-state index in [2.05, 4.69) is 15.6 Å². The Morgan fingerprint density at radius 1 is 1.03 bits per heavy atom. The summed E-state index contributed by atoms with van der Waals surface area (Å²) in [6.07, 6.45) is 0. The normalized spacial score (nSPS) is 12.4. The van der Waals surface area contributed by atoms with Gasteiger partial charge in [-0.2, -0.15) is 0 Å². The minimum Gasteiger partial charge on any atom is -0.486 e. The van der Waals surface area contributed by atoms with E-state index in [1.54, 1.807) is 35.6 Å². The van der Waals surface area contributed by atoms with E-state index in [0.717, 1.165) is 20.8 Å². The summed E-state index contributed by atoms with van der Waals surface area (Å²) in [6.45, 7) is 0.935. The number of carbonyl (C=O) groups excluding carboxylic acids is 1. The Morgan fingerprint density at radius 2 is 1.84 bits per heavy atom. The predicted molar refractivity (Wildman–Crippen MR) is 131 cm³/mol. The van der Waals surface area contributed by atoms with Gasteiger partial charge in [0, 0.05) is 11.1 Å². The summed E-state index contributed by atoms with van der Waals surface area (Å²) in [6, 6.07) is 18.5. The van der Waals surface area contributed by atoms with Gasteiger partial charge in [0.15, 0.2) is 16.6 Å². The lowest BCUT2D eigenvalue weighted by atomic mass is 10.2. The van der Waals surface area contributed by atoms with E-state index in [9.17, 15) is 4.79 Å². The number of nitrogens with one attached hydrogen (secondary N) is 2. The number of fused-ring (bicyclic) bond motifs is 2. The zero-order valence-electron chi connectivity index (χ0n) is 16.6. The van der Waals surface area contributed by atoms with Gasteiger partial charge >= 0.3 is 0 Å². The number of carbonyl (C=O) groups is 1. The topological polar surface area (TPSA) is 72.5 Å². The molecule has 2 heterocycles. The standard InChI is InChI=1S/C23H16ClN3O3S2/c24-15-7-5-14(22-25-16-3-1-2-4-20(16)32-22)11-17(15)26-23(31)27-21(28)13-6-8-18-19(12-13)30-10-9-29-18/h1-8,11-12H,9-10H2,(H2,26,27,28,31). The summed E-state index contributed by atoms with van der Waals surface area (Å²) in [5, 5.41) is 7.16. The quantitative estimate of drug-likeness (QED) is 0.376. The first-order valence-electron chi connectivity index (χ1n) is 9.74. The van der Waals surface area contributed by atoms with Gasteiger partial charge in [-0.15, -0.1) is 11.3 Å². The molecule has 0 fully saturated rings. The van der Waals surface area contributed by atoms with E-state index < -0.39 is 0 Å². The van der Waals surface area contributed by atoms with Crippen molar-refractivity contribution >= 4 is 62.1 Å². The second-order valence-electron chi connectivity index (χ2n) is 6.95. The first-order chi connectivity index (χ1) is 15.6. The Labute approximate surface area is 198 Å². The third-order valence-electron chi connectivity index (χ3n) is 4.79. The van der Waals surface area contributed by atoms with Crippen molar-refractivity contribution in [2.45, 2.75) is 0 Å². The number of ether oxygens (including phenoxy) is 2. The molecule has 4 aromatic rings. The molecule has 32 heavy (non-hydrogen) atoms. The highest BCUT2D eigenvalue weighted by Crippen LogP contribution is 2.34. The Bertz CT molecular complexity index is 1320. The van der Waals surface area contributed by atoms with E-state index >= 15 is 0 Å². The van der Waals surface area contributed by atoms with Gasteiger partial charge in [0.2, 0.25) is 0 Å². The predicted octanol–water partition coefficient (Wildman–Crippen LogP) is 5.51. The van der Waals surface area contributed by atoms with Crippen molar-refractivity contribution in [1.29, 1.82) is 0 Å². The fourth-order valence-corrected chi connectivity index (χ4v) is 4.59. The molecule has 0 spiro atoms. The molecular weight excluding hydrogens is 466 g/mol. The molecule has 2 N–H and O–H groups in total. The monoisotopic (exact) mass is 481 g/mol. The minimum absolute atomic E-state index is 0.133. The summed E-state index contributed by atoms with van der Waals surface area (Å²) in [5.74, 6) is 0.791. The SMILES string of the molecule is O=C(NC(=S)Nc1cc(-c2nc3ccccc3s2)ccc1Cl)c1ccc2c(c1)OCCO2. The minimum atomic E-state index is -0.363. The van der Waals surface area contributed by atoms with Crippen LogP contribution in [-0.2, 0) is 0 Å². The summed E-state index contributed by atoms with van der Waals surface area (Å²) in [4.78, 5) is 17.3. The van der Waals surface area contributed by atoms with Crippen LogP contribution in [0.2, 0.25) is 5.02 Å². The Hall–Kier alpha value is -3.20. The van der Waals surface area contributed by atoms with Crippen molar-refractivity contribution in [3.63, 3.8) is 0 Å². The van der Waals surface area contributed by atoms with E-state index in [4.69, 9.17) is 33.3 Å². The molecule has 1 aromatic heterocycles. The molecule has 0 radical (unpaired) electrons. The van der Waals surface area contributed by atoms with Crippen LogP contribution in [0.25, 0.3) is 20.8 Å². The lowest BCUT2D eigenvalue weighted by Crippen LogP contribution is -2.34. The van der Waals surface area contributed by atoms with Crippen LogP contribution in [0.1, 0.15) is 10.4 Å². The van der Waals surface area contributed by atoms with Crippen molar-refractivity contribution in [2.24, 2.45) is 0 Å². The van der Waals surface area contributed by atoms with Crippen LogP contribution in [0.3, 0.4) is 0 Å². The summed E-state index contributed by atoms with van der Waals surface area (Å²) in [7, 11) is 0. The second kappa shape index (κ2) is 8.74. The lowest BCUT2D eigenvalue weighted by molar-refractivity contribution is 0.0976. The molecule has 9 heteroatoms. The molecule has 5 rings (SSSR count). The highest BCUT2D eigenvalue weighted by molar-refractivity contribution is 7.80. The highest BCUT2D eigenvalue weighted by Gasteiger charge is 2.16. The number of hydrogen-bond acceptors (Lipinski definition) is 6. The molecule has 1 aliphatic heterocycles. The average molecular weight is 482 g/mol. The highest BCUT2D eigenvalue weighted by atomic mass is 35.5. The van der Waals surface area contributed by atoms with Gasteiger partial charge in [-0.1, -0.05) is 29.8 Å². The number of anilines is 1. The molecule has 1 aliphatic rings. The number of thiocarbonyl (C=S) groups is 1. The van der Waals surface area contributed by atoms with Crippen LogP contribution in [0, 0.1) is 0 Å². The smallest absolute Gasteiger partial charge is 0.257 e. The molecule has 1 amide bonds. The maximum atomic E-state index is 12.6. The molecule has 0 bridgehead atoms. The maximum absolute atomic E-state index is 12.6. The van der Waals surface area contributed by atoms with Crippen molar-refractivity contribution in [1.82, 2.24) is 10.3 Å². The van der Waals surface area contributed by atoms with Gasteiger partial charge in [0.05, 0.1) is 20.9 Å². The van der Waals surface area contributed by atoms with E-state index in [-0.39, 0.29) is 11.0 Å². The van der Waals surface area contributed by atoms with Gasteiger partial charge in [-0.3, -0.25) is 10.1 Å². The van der Waals surface area contributed by atoms with Crippen LogP contribution in [0.4, 0.5) is 5.69 Å². The largest absolute Gasteiger partial charge is 0.486 e. The Balaban J connectivity index is 1.32. The van der Waals surface area contributed by atoms with Gasteiger partial charge < -0.3 is 14.8 Å². The number of aromatic nitrogens is 1. The molecular formula is C23H16ClN3O3S2. The third-order valence-corrected chi connectivity index (χ3v) is 6.41. The molecule has 3 aromatic carbocycles. The number of thiazole rings is 1. The number of benzene rings is 3. The number of amides is 1. The molecule has 6 nitrogen and oxygen atoms in total. The van der Waals surface area contributed by atoms with Crippen LogP contribution in [-0.4, -0.2) is 29.2 Å². The van der Waals surface area contributed by atoms with E-state index in [0.29, 0.717) is 41.0 Å². The van der Waals surface area contributed by atoms with Crippen molar-refractivity contribution < 1.29 is 14.3 Å². The molecule has 0 saturated heterocycles. The first kappa shape index (κ1) is 20.7. The van der Waals surface area contributed by atoms with Gasteiger partial charge in [0.1, 0.15) is 18.2 Å². The zero-order chi connectivity index (χ0) is 22.1. The fourth-order valence-electron chi connectivity index (χ4n) is 3.26. The number of hydrogen-bond donors (Lipinski definition) is 2. The Morgan fingerprint density at radius 3 is 2.69 bits per heavy atom. The lowest BCUT2D eigenvalue weighted by Gasteiger charge is -2.18. The van der Waals surface area contributed by atoms with Gasteiger partial charge in [-0.05, 0) is 54.7 Å². The summed E-state index contributed by atoms with van der Waals surface area (Å²) >= 11 is 13.3. The van der Waals surface area contributed by atoms with Crippen LogP contribution >= 0.6 is 35.2 Å². The molecule has 160 valence electrons. The first-order valence-corrected chi connectivity index (χ1v) is 11.3. The number of halogens is 1. The van der Waals surface area contributed by atoms with E-state index in [1.807, 2.05) is 36.4 Å². The Kier molecular flexibility index (Phi) is 5.65. The van der Waals surface area contributed by atoms with E-state index in [1.165, 1.54) is 0 Å².